The molecule has 162 valence electrons. The van der Waals surface area contributed by atoms with E-state index in [1.807, 2.05) is 0 Å². The van der Waals surface area contributed by atoms with Gasteiger partial charge in [-0.05, 0) is 48.9 Å². The van der Waals surface area contributed by atoms with Crippen LogP contribution in [0.3, 0.4) is 0 Å². The van der Waals surface area contributed by atoms with Crippen molar-refractivity contribution in [1.29, 1.82) is 0 Å². The topological polar surface area (TPSA) is 98.8 Å². The minimum atomic E-state index is -1.31. The number of halogens is 2. The monoisotopic (exact) mass is 490 g/mol. The number of nitrogens with zero attached hydrogens (tertiary/aromatic N) is 2. The van der Waals surface area contributed by atoms with E-state index in [-0.39, 0.29) is 6.54 Å². The van der Waals surface area contributed by atoms with Crippen molar-refractivity contribution in [2.75, 3.05) is 25.5 Å². The SMILES string of the molecule is CN(CC(=O)Nc1ccc(F)cc1)C(=O)CN1C(=O)NC(C)(c2cccc(Br)c2)C1=O. The molecule has 0 aromatic heterocycles. The Hall–Kier alpha value is -3.27. The van der Waals surface area contributed by atoms with Gasteiger partial charge < -0.3 is 15.5 Å². The molecule has 1 unspecified atom stereocenters. The van der Waals surface area contributed by atoms with Crippen LogP contribution in [-0.2, 0) is 19.9 Å². The van der Waals surface area contributed by atoms with Crippen LogP contribution >= 0.6 is 15.9 Å². The average Bonchev–Trinajstić information content (AvgIpc) is 2.93. The number of carbonyl (C=O) groups excluding carboxylic acids is 4. The van der Waals surface area contributed by atoms with E-state index in [1.54, 1.807) is 31.2 Å². The molecule has 2 aromatic carbocycles. The largest absolute Gasteiger partial charge is 0.335 e. The number of hydrogen-bond donors (Lipinski definition) is 2. The standard InChI is InChI=1S/C21H20BrFN4O4/c1-21(13-4-3-5-14(22)10-13)19(30)27(20(31)25-21)12-18(29)26(2)11-17(28)24-16-8-6-15(23)7-9-16/h3-10H,11-12H2,1-2H3,(H,24,28)(H,25,31). The summed E-state index contributed by atoms with van der Waals surface area (Å²) in [6, 6.07) is 11.5. The van der Waals surface area contributed by atoms with Crippen molar-refractivity contribution in [1.82, 2.24) is 15.1 Å². The van der Waals surface area contributed by atoms with Crippen LogP contribution in [0.2, 0.25) is 0 Å². The summed E-state index contributed by atoms with van der Waals surface area (Å²) in [6.07, 6.45) is 0. The number of benzene rings is 2. The van der Waals surface area contributed by atoms with Crippen LogP contribution < -0.4 is 10.6 Å². The summed E-state index contributed by atoms with van der Waals surface area (Å²) in [5.74, 6) is -2.09. The van der Waals surface area contributed by atoms with Gasteiger partial charge in [0.15, 0.2) is 0 Å². The molecule has 0 saturated carbocycles. The quantitative estimate of drug-likeness (QED) is 0.607. The van der Waals surface area contributed by atoms with E-state index in [1.165, 1.54) is 31.3 Å². The molecule has 1 saturated heterocycles. The Kier molecular flexibility index (Phi) is 6.40. The van der Waals surface area contributed by atoms with Gasteiger partial charge in [-0.2, -0.15) is 0 Å². The first kappa shape index (κ1) is 22.4. The fraction of sp³-hybridized carbons (Fsp3) is 0.238. The second-order valence-electron chi connectivity index (χ2n) is 7.26. The van der Waals surface area contributed by atoms with Gasteiger partial charge in [0.25, 0.3) is 5.91 Å². The molecule has 0 bridgehead atoms. The maximum Gasteiger partial charge on any atom is 0.325 e. The van der Waals surface area contributed by atoms with E-state index in [2.05, 4.69) is 26.6 Å². The third-order valence-corrected chi connectivity index (χ3v) is 5.40. The normalized spacial score (nSPS) is 18.0. The molecule has 1 aliphatic rings. The fourth-order valence-electron chi connectivity index (χ4n) is 3.13. The summed E-state index contributed by atoms with van der Waals surface area (Å²) in [6.45, 7) is 0.761. The lowest BCUT2D eigenvalue weighted by molar-refractivity contribution is -0.139. The van der Waals surface area contributed by atoms with Crippen molar-refractivity contribution in [3.63, 3.8) is 0 Å². The minimum Gasteiger partial charge on any atom is -0.335 e. The number of rotatable bonds is 6. The summed E-state index contributed by atoms with van der Waals surface area (Å²) in [4.78, 5) is 52.0. The fourth-order valence-corrected chi connectivity index (χ4v) is 3.53. The predicted octanol–water partition coefficient (Wildman–Crippen LogP) is 2.45. The lowest BCUT2D eigenvalue weighted by Gasteiger charge is -2.23. The molecule has 0 radical (unpaired) electrons. The predicted molar refractivity (Wildman–Crippen MR) is 114 cm³/mol. The number of nitrogens with one attached hydrogen (secondary N) is 2. The molecule has 1 fully saturated rings. The van der Waals surface area contributed by atoms with E-state index in [0.29, 0.717) is 11.3 Å². The first-order chi connectivity index (χ1) is 14.6. The van der Waals surface area contributed by atoms with Gasteiger partial charge in [-0.1, -0.05) is 28.1 Å². The van der Waals surface area contributed by atoms with Crippen molar-refractivity contribution >= 4 is 45.4 Å². The molecule has 1 heterocycles. The molecular formula is C21H20BrFN4O4. The molecule has 8 nitrogen and oxygen atoms in total. The number of carbonyl (C=O) groups is 4. The second-order valence-corrected chi connectivity index (χ2v) is 8.18. The number of urea groups is 1. The zero-order chi connectivity index (χ0) is 22.8. The third kappa shape index (κ3) is 4.91. The molecule has 5 amide bonds. The van der Waals surface area contributed by atoms with Crippen molar-refractivity contribution in [2.24, 2.45) is 0 Å². The Morgan fingerprint density at radius 3 is 2.52 bits per heavy atom. The molecule has 0 aliphatic carbocycles. The van der Waals surface area contributed by atoms with Crippen molar-refractivity contribution in [3.05, 3.63) is 64.4 Å². The van der Waals surface area contributed by atoms with Crippen LogP contribution in [0.15, 0.2) is 53.0 Å². The zero-order valence-electron chi connectivity index (χ0n) is 16.8. The lowest BCUT2D eigenvalue weighted by atomic mass is 9.92. The molecule has 1 aliphatic heterocycles. The highest BCUT2D eigenvalue weighted by atomic mass is 79.9. The summed E-state index contributed by atoms with van der Waals surface area (Å²) < 4.78 is 13.7. The van der Waals surface area contributed by atoms with Gasteiger partial charge in [0.1, 0.15) is 17.9 Å². The van der Waals surface area contributed by atoms with Crippen molar-refractivity contribution < 1.29 is 23.6 Å². The molecule has 3 rings (SSSR count). The zero-order valence-corrected chi connectivity index (χ0v) is 18.4. The van der Waals surface area contributed by atoms with E-state index >= 15 is 0 Å². The van der Waals surface area contributed by atoms with Gasteiger partial charge in [-0.15, -0.1) is 0 Å². The maximum atomic E-state index is 12.9. The van der Waals surface area contributed by atoms with Crippen molar-refractivity contribution in [2.45, 2.75) is 12.5 Å². The lowest BCUT2D eigenvalue weighted by Crippen LogP contribution is -2.45. The molecule has 10 heteroatoms. The van der Waals surface area contributed by atoms with Gasteiger partial charge in [0.05, 0.1) is 6.54 Å². The Morgan fingerprint density at radius 1 is 1.19 bits per heavy atom. The maximum absolute atomic E-state index is 12.9. The number of likely N-dealkylation sites (N-methyl/N-ethyl adjacent to an activating group) is 1. The molecular weight excluding hydrogens is 471 g/mol. The average molecular weight is 491 g/mol. The highest BCUT2D eigenvalue weighted by Gasteiger charge is 2.49. The van der Waals surface area contributed by atoms with Gasteiger partial charge in [-0.3, -0.25) is 19.3 Å². The summed E-state index contributed by atoms with van der Waals surface area (Å²) in [5, 5.41) is 5.17. The van der Waals surface area contributed by atoms with Gasteiger partial charge in [-0.25, -0.2) is 9.18 Å². The van der Waals surface area contributed by atoms with Crippen molar-refractivity contribution in [3.8, 4) is 0 Å². The summed E-state index contributed by atoms with van der Waals surface area (Å²) in [5.41, 5.74) is -0.354. The van der Waals surface area contributed by atoms with Gasteiger partial charge >= 0.3 is 6.03 Å². The Bertz CT molecular complexity index is 1050. The molecule has 1 atom stereocenters. The highest BCUT2D eigenvalue weighted by Crippen LogP contribution is 2.30. The first-order valence-electron chi connectivity index (χ1n) is 9.29. The number of anilines is 1. The number of hydrogen-bond acceptors (Lipinski definition) is 4. The Labute approximate surface area is 186 Å². The number of imide groups is 1. The first-order valence-corrected chi connectivity index (χ1v) is 10.1. The molecule has 2 N–H and O–H groups in total. The van der Waals surface area contributed by atoms with Crippen LogP contribution in [0, 0.1) is 5.82 Å². The van der Waals surface area contributed by atoms with E-state index in [0.717, 1.165) is 14.3 Å². The third-order valence-electron chi connectivity index (χ3n) is 4.90. The van der Waals surface area contributed by atoms with E-state index in [9.17, 15) is 23.6 Å². The van der Waals surface area contributed by atoms with Crippen LogP contribution in [0.5, 0.6) is 0 Å². The van der Waals surface area contributed by atoms with Crippen LogP contribution in [0.1, 0.15) is 12.5 Å². The smallest absolute Gasteiger partial charge is 0.325 e. The van der Waals surface area contributed by atoms with E-state index < -0.39 is 41.7 Å². The van der Waals surface area contributed by atoms with Gasteiger partial charge in [0, 0.05) is 17.2 Å². The van der Waals surface area contributed by atoms with Gasteiger partial charge in [0.2, 0.25) is 11.8 Å². The molecule has 2 aromatic rings. The van der Waals surface area contributed by atoms with E-state index in [4.69, 9.17) is 0 Å². The molecule has 31 heavy (non-hydrogen) atoms. The Balaban J connectivity index is 1.62. The number of amides is 5. The summed E-state index contributed by atoms with van der Waals surface area (Å²) in [7, 11) is 1.39. The van der Waals surface area contributed by atoms with Crippen LogP contribution in [0.25, 0.3) is 0 Å². The molecule has 0 spiro atoms. The second kappa shape index (κ2) is 8.84. The highest BCUT2D eigenvalue weighted by molar-refractivity contribution is 9.10. The summed E-state index contributed by atoms with van der Waals surface area (Å²) >= 11 is 3.34. The van der Waals surface area contributed by atoms with Crippen LogP contribution in [0.4, 0.5) is 14.9 Å². The Morgan fingerprint density at radius 2 is 1.87 bits per heavy atom. The minimum absolute atomic E-state index is 0.303. The van der Waals surface area contributed by atoms with Crippen LogP contribution in [-0.4, -0.2) is 53.7 Å².